The molecular formula is C13H20F3IN4S. The number of guanidine groups is 1. The van der Waals surface area contributed by atoms with Crippen molar-refractivity contribution in [2.24, 2.45) is 10.7 Å². The van der Waals surface area contributed by atoms with Crippen molar-refractivity contribution in [2.45, 2.75) is 50.7 Å². The molecule has 1 aliphatic rings. The molecule has 0 unspecified atom stereocenters. The third kappa shape index (κ3) is 6.27. The Morgan fingerprint density at radius 1 is 1.36 bits per heavy atom. The highest BCUT2D eigenvalue weighted by atomic mass is 127. The predicted molar refractivity (Wildman–Crippen MR) is 92.7 cm³/mol. The smallest absolute Gasteiger partial charge is 0.370 e. The topological polar surface area (TPSA) is 63.3 Å². The summed E-state index contributed by atoms with van der Waals surface area (Å²) in [5, 5.41) is 4.62. The molecule has 126 valence electrons. The maximum Gasteiger partial charge on any atom is 0.434 e. The molecule has 1 aliphatic carbocycles. The number of alkyl halides is 3. The fraction of sp³-hybridized carbons (Fsp3) is 0.692. The second-order valence-electron chi connectivity index (χ2n) is 5.12. The summed E-state index contributed by atoms with van der Waals surface area (Å²) in [6.45, 7) is 0.344. The highest BCUT2D eigenvalue weighted by Gasteiger charge is 2.33. The molecule has 2 rings (SSSR count). The van der Waals surface area contributed by atoms with Crippen LogP contribution in [0.5, 0.6) is 0 Å². The molecule has 0 radical (unpaired) electrons. The van der Waals surface area contributed by atoms with Crippen LogP contribution in [0.4, 0.5) is 13.2 Å². The molecule has 1 saturated carbocycles. The van der Waals surface area contributed by atoms with E-state index in [1.807, 2.05) is 0 Å². The van der Waals surface area contributed by atoms with Gasteiger partial charge in [0.05, 0.1) is 5.01 Å². The lowest BCUT2D eigenvalue weighted by molar-refractivity contribution is -0.140. The molecule has 1 aromatic heterocycles. The van der Waals surface area contributed by atoms with E-state index in [2.05, 4.69) is 15.3 Å². The van der Waals surface area contributed by atoms with Crippen LogP contribution < -0.4 is 11.1 Å². The van der Waals surface area contributed by atoms with Gasteiger partial charge in [0.25, 0.3) is 0 Å². The Hall–Kier alpha value is -0.580. The van der Waals surface area contributed by atoms with Gasteiger partial charge in [0.2, 0.25) is 0 Å². The number of hydrogen-bond donors (Lipinski definition) is 2. The Morgan fingerprint density at radius 2 is 2.05 bits per heavy atom. The fourth-order valence-corrected chi connectivity index (χ4v) is 3.12. The summed E-state index contributed by atoms with van der Waals surface area (Å²) in [5.74, 6) is 0.370. The Bertz CT molecular complexity index is 484. The normalized spacial score (nSPS) is 17.1. The van der Waals surface area contributed by atoms with Gasteiger partial charge in [-0.2, -0.15) is 13.2 Å². The van der Waals surface area contributed by atoms with Crippen LogP contribution in [0, 0.1) is 0 Å². The summed E-state index contributed by atoms with van der Waals surface area (Å²) < 4.78 is 37.2. The van der Waals surface area contributed by atoms with Gasteiger partial charge in [-0.05, 0) is 12.8 Å². The minimum Gasteiger partial charge on any atom is -0.370 e. The van der Waals surface area contributed by atoms with Crippen molar-refractivity contribution in [3.8, 4) is 0 Å². The molecule has 22 heavy (non-hydrogen) atoms. The summed E-state index contributed by atoms with van der Waals surface area (Å²) in [6.07, 6.45) is 1.85. The Morgan fingerprint density at radius 3 is 2.64 bits per heavy atom. The van der Waals surface area contributed by atoms with E-state index in [0.29, 0.717) is 30.0 Å². The summed E-state index contributed by atoms with van der Waals surface area (Å²) >= 11 is 1.00. The van der Waals surface area contributed by atoms with E-state index in [4.69, 9.17) is 5.73 Å². The van der Waals surface area contributed by atoms with Crippen LogP contribution in [0.2, 0.25) is 0 Å². The number of nitrogens with two attached hydrogens (primary N) is 1. The van der Waals surface area contributed by atoms with Crippen molar-refractivity contribution in [3.05, 3.63) is 16.1 Å². The summed E-state index contributed by atoms with van der Waals surface area (Å²) in [6, 6.07) is 0.374. The number of hydrogen-bond acceptors (Lipinski definition) is 3. The van der Waals surface area contributed by atoms with Gasteiger partial charge in [-0.25, -0.2) is 4.98 Å². The lowest BCUT2D eigenvalue weighted by Gasteiger charge is -2.23. The lowest BCUT2D eigenvalue weighted by Crippen LogP contribution is -2.41. The molecule has 0 atom stereocenters. The maximum atomic E-state index is 12.4. The monoisotopic (exact) mass is 448 g/mol. The first kappa shape index (κ1) is 19.5. The zero-order valence-corrected chi connectivity index (χ0v) is 15.2. The molecule has 0 spiro atoms. The highest BCUT2D eigenvalue weighted by molar-refractivity contribution is 14.0. The van der Waals surface area contributed by atoms with Crippen molar-refractivity contribution in [1.29, 1.82) is 0 Å². The molecule has 3 N–H and O–H groups in total. The Balaban J connectivity index is 0.00000242. The van der Waals surface area contributed by atoms with Crippen molar-refractivity contribution in [3.63, 3.8) is 0 Å². The molecule has 0 bridgehead atoms. The van der Waals surface area contributed by atoms with Gasteiger partial charge < -0.3 is 11.1 Å². The zero-order valence-electron chi connectivity index (χ0n) is 12.0. The van der Waals surface area contributed by atoms with Gasteiger partial charge in [0, 0.05) is 24.4 Å². The van der Waals surface area contributed by atoms with Crippen molar-refractivity contribution >= 4 is 41.3 Å². The molecule has 4 nitrogen and oxygen atoms in total. The van der Waals surface area contributed by atoms with E-state index in [-0.39, 0.29) is 24.0 Å². The van der Waals surface area contributed by atoms with Crippen LogP contribution >= 0.6 is 35.3 Å². The summed E-state index contributed by atoms with van der Waals surface area (Å²) in [7, 11) is 0. The average Bonchev–Trinajstić information content (AvgIpc) is 2.88. The van der Waals surface area contributed by atoms with Crippen LogP contribution in [0.15, 0.2) is 10.4 Å². The van der Waals surface area contributed by atoms with Crippen molar-refractivity contribution in [2.75, 3.05) is 6.54 Å². The summed E-state index contributed by atoms with van der Waals surface area (Å²) in [4.78, 5) is 7.71. The van der Waals surface area contributed by atoms with Crippen LogP contribution in [-0.4, -0.2) is 23.5 Å². The maximum absolute atomic E-state index is 12.4. The molecule has 0 aromatic carbocycles. The minimum atomic E-state index is -4.38. The fourth-order valence-electron chi connectivity index (χ4n) is 2.33. The number of rotatable bonds is 4. The van der Waals surface area contributed by atoms with Crippen LogP contribution in [0.1, 0.15) is 42.8 Å². The number of halogens is 4. The Kier molecular flexibility index (Phi) is 7.87. The van der Waals surface area contributed by atoms with E-state index < -0.39 is 11.9 Å². The molecule has 0 aliphatic heterocycles. The molecule has 0 saturated heterocycles. The number of nitrogens with zero attached hydrogens (tertiary/aromatic N) is 2. The van der Waals surface area contributed by atoms with Gasteiger partial charge in [0.15, 0.2) is 11.7 Å². The second kappa shape index (κ2) is 8.90. The minimum absolute atomic E-state index is 0. The van der Waals surface area contributed by atoms with E-state index in [1.165, 1.54) is 19.3 Å². The molecule has 1 aromatic rings. The van der Waals surface area contributed by atoms with E-state index >= 15 is 0 Å². The van der Waals surface area contributed by atoms with E-state index in [0.717, 1.165) is 29.6 Å². The number of aliphatic imine (C=N–C) groups is 1. The van der Waals surface area contributed by atoms with E-state index in [9.17, 15) is 13.2 Å². The largest absolute Gasteiger partial charge is 0.434 e. The molecule has 1 heterocycles. The first-order valence-electron chi connectivity index (χ1n) is 7.03. The third-order valence-corrected chi connectivity index (χ3v) is 4.32. The highest BCUT2D eigenvalue weighted by Crippen LogP contribution is 2.30. The van der Waals surface area contributed by atoms with Gasteiger partial charge in [-0.3, -0.25) is 4.99 Å². The molecule has 9 heteroatoms. The summed E-state index contributed by atoms with van der Waals surface area (Å²) in [5.41, 5.74) is 4.95. The number of thiazole rings is 1. The molecular weight excluding hydrogens is 428 g/mol. The predicted octanol–water partition coefficient (Wildman–Crippen LogP) is 3.56. The second-order valence-corrected chi connectivity index (χ2v) is 6.06. The first-order valence-corrected chi connectivity index (χ1v) is 7.91. The van der Waals surface area contributed by atoms with Crippen molar-refractivity contribution in [1.82, 2.24) is 10.3 Å². The number of nitrogens with one attached hydrogen (secondary N) is 1. The van der Waals surface area contributed by atoms with Gasteiger partial charge >= 0.3 is 6.18 Å². The zero-order chi connectivity index (χ0) is 15.3. The first-order chi connectivity index (χ1) is 9.95. The van der Waals surface area contributed by atoms with Crippen LogP contribution in [0.3, 0.4) is 0 Å². The molecule has 1 fully saturated rings. The average molecular weight is 448 g/mol. The lowest BCUT2D eigenvalue weighted by atomic mass is 9.96. The standard InChI is InChI=1S/C13H19F3N4S.HI/c14-13(15,16)10-8-21-11(20-10)6-7-18-12(17)19-9-4-2-1-3-5-9;/h8-9H,1-7H2,(H3,17,18,19);1H. The van der Waals surface area contributed by atoms with Gasteiger partial charge in [-0.15, -0.1) is 35.3 Å². The third-order valence-electron chi connectivity index (χ3n) is 3.41. The quantitative estimate of drug-likeness (QED) is 0.421. The number of aromatic nitrogens is 1. The Labute approximate surface area is 148 Å². The van der Waals surface area contributed by atoms with E-state index in [1.54, 1.807) is 0 Å². The van der Waals surface area contributed by atoms with Crippen LogP contribution in [0.25, 0.3) is 0 Å². The van der Waals surface area contributed by atoms with Crippen LogP contribution in [-0.2, 0) is 12.6 Å². The van der Waals surface area contributed by atoms with Gasteiger partial charge in [0.1, 0.15) is 0 Å². The van der Waals surface area contributed by atoms with Gasteiger partial charge in [-0.1, -0.05) is 19.3 Å². The molecule has 0 amide bonds. The SMILES string of the molecule is I.NC(=NCCc1nc(C(F)(F)F)cs1)NC1CCCCC1. The van der Waals surface area contributed by atoms with Crippen molar-refractivity contribution < 1.29 is 13.2 Å².